The van der Waals surface area contributed by atoms with Gasteiger partial charge in [0, 0.05) is 42.6 Å². The standard InChI is InChI=1S/C23H22ClN3O3/c1-30-22-11-17(19(24)12-21(22)28)14-27-9-7-15-5-6-18(10-16(15)13-27)26-23(29)20-4-2-3-8-25-20/h2-6,8,10-12,28H,7,9,13-14H2,1H3,(H,26,29). The van der Waals surface area contributed by atoms with Crippen molar-refractivity contribution in [2.24, 2.45) is 0 Å². The van der Waals surface area contributed by atoms with Gasteiger partial charge in [0.2, 0.25) is 0 Å². The Bertz CT molecular complexity index is 1070. The number of anilines is 1. The Kier molecular flexibility index (Phi) is 5.88. The van der Waals surface area contributed by atoms with Crippen LogP contribution in [0.15, 0.2) is 54.7 Å². The number of hydrogen-bond acceptors (Lipinski definition) is 5. The number of hydrogen-bond donors (Lipinski definition) is 2. The van der Waals surface area contributed by atoms with Crippen LogP contribution in [0.1, 0.15) is 27.2 Å². The first-order valence-corrected chi connectivity index (χ1v) is 10.0. The topological polar surface area (TPSA) is 74.7 Å². The summed E-state index contributed by atoms with van der Waals surface area (Å²) >= 11 is 6.32. The summed E-state index contributed by atoms with van der Waals surface area (Å²) in [6.07, 6.45) is 2.51. The molecule has 2 N–H and O–H groups in total. The number of ether oxygens (including phenoxy) is 1. The molecule has 7 heteroatoms. The monoisotopic (exact) mass is 423 g/mol. The average molecular weight is 424 g/mol. The molecule has 3 aromatic rings. The first-order valence-electron chi connectivity index (χ1n) is 9.65. The van der Waals surface area contributed by atoms with Crippen LogP contribution in [-0.2, 0) is 19.5 Å². The Morgan fingerprint density at radius 3 is 2.87 bits per heavy atom. The van der Waals surface area contributed by atoms with Crippen LogP contribution in [0.5, 0.6) is 11.5 Å². The Morgan fingerprint density at radius 1 is 1.23 bits per heavy atom. The van der Waals surface area contributed by atoms with E-state index in [-0.39, 0.29) is 11.7 Å². The largest absolute Gasteiger partial charge is 0.504 e. The van der Waals surface area contributed by atoms with Crippen molar-refractivity contribution in [2.75, 3.05) is 19.0 Å². The molecule has 0 saturated heterocycles. The Morgan fingerprint density at radius 2 is 2.10 bits per heavy atom. The van der Waals surface area contributed by atoms with Crippen LogP contribution < -0.4 is 10.1 Å². The number of aromatic nitrogens is 1. The van der Waals surface area contributed by atoms with Gasteiger partial charge in [-0.05, 0) is 53.4 Å². The molecule has 0 unspecified atom stereocenters. The summed E-state index contributed by atoms with van der Waals surface area (Å²) in [5.74, 6) is 0.209. The van der Waals surface area contributed by atoms with Crippen molar-refractivity contribution in [3.8, 4) is 11.5 Å². The van der Waals surface area contributed by atoms with Crippen LogP contribution in [0, 0.1) is 0 Å². The zero-order chi connectivity index (χ0) is 21.1. The number of aromatic hydroxyl groups is 1. The van der Waals surface area contributed by atoms with Crippen molar-refractivity contribution in [1.29, 1.82) is 0 Å². The van der Waals surface area contributed by atoms with Crippen LogP contribution in [0.3, 0.4) is 0 Å². The van der Waals surface area contributed by atoms with Crippen LogP contribution >= 0.6 is 11.6 Å². The highest BCUT2D eigenvalue weighted by Gasteiger charge is 2.19. The number of methoxy groups -OCH3 is 1. The molecule has 0 fully saturated rings. The van der Waals surface area contributed by atoms with Crippen molar-refractivity contribution >= 4 is 23.2 Å². The number of fused-ring (bicyclic) bond motifs is 1. The second-order valence-electron chi connectivity index (χ2n) is 7.23. The highest BCUT2D eigenvalue weighted by Crippen LogP contribution is 2.33. The van der Waals surface area contributed by atoms with E-state index in [1.165, 1.54) is 24.3 Å². The highest BCUT2D eigenvalue weighted by molar-refractivity contribution is 6.31. The maximum absolute atomic E-state index is 12.4. The molecular weight excluding hydrogens is 402 g/mol. The number of amides is 1. The van der Waals surface area contributed by atoms with E-state index in [9.17, 15) is 9.90 Å². The number of carbonyl (C=O) groups is 1. The molecule has 1 aliphatic rings. The second-order valence-corrected chi connectivity index (χ2v) is 7.64. The minimum absolute atomic E-state index is 0.0310. The molecule has 4 rings (SSSR count). The predicted octanol–water partition coefficient (Wildman–Crippen LogP) is 4.26. The number of benzene rings is 2. The van der Waals surface area contributed by atoms with Gasteiger partial charge in [-0.2, -0.15) is 0 Å². The molecule has 154 valence electrons. The zero-order valence-corrected chi connectivity index (χ0v) is 17.3. The van der Waals surface area contributed by atoms with E-state index >= 15 is 0 Å². The number of rotatable bonds is 5. The highest BCUT2D eigenvalue weighted by atomic mass is 35.5. The van der Waals surface area contributed by atoms with Crippen LogP contribution in [0.4, 0.5) is 5.69 Å². The molecule has 0 saturated carbocycles. The van der Waals surface area contributed by atoms with Crippen molar-refractivity contribution < 1.29 is 14.6 Å². The van der Waals surface area contributed by atoms with Crippen molar-refractivity contribution in [3.63, 3.8) is 0 Å². The molecule has 1 amide bonds. The van der Waals surface area contributed by atoms with Crippen LogP contribution in [0.2, 0.25) is 5.02 Å². The molecule has 0 bridgehead atoms. The van der Waals surface area contributed by atoms with Crippen molar-refractivity contribution in [2.45, 2.75) is 19.5 Å². The number of halogens is 1. The van der Waals surface area contributed by atoms with Gasteiger partial charge in [-0.25, -0.2) is 0 Å². The van der Waals surface area contributed by atoms with Gasteiger partial charge in [-0.15, -0.1) is 0 Å². The van der Waals surface area contributed by atoms with Gasteiger partial charge < -0.3 is 15.2 Å². The van der Waals surface area contributed by atoms with Crippen LogP contribution in [-0.4, -0.2) is 34.6 Å². The lowest BCUT2D eigenvalue weighted by atomic mass is 9.98. The molecule has 0 atom stereocenters. The van der Waals surface area contributed by atoms with Gasteiger partial charge >= 0.3 is 0 Å². The summed E-state index contributed by atoms with van der Waals surface area (Å²) < 4.78 is 5.20. The lowest BCUT2D eigenvalue weighted by Crippen LogP contribution is -2.30. The van der Waals surface area contributed by atoms with E-state index in [4.69, 9.17) is 16.3 Å². The van der Waals surface area contributed by atoms with Crippen molar-refractivity contribution in [1.82, 2.24) is 9.88 Å². The first kappa shape index (κ1) is 20.2. The molecule has 6 nitrogen and oxygen atoms in total. The van der Waals surface area contributed by atoms with Gasteiger partial charge in [-0.1, -0.05) is 23.7 Å². The molecule has 0 spiro atoms. The molecule has 0 aliphatic carbocycles. The lowest BCUT2D eigenvalue weighted by Gasteiger charge is -2.29. The summed E-state index contributed by atoms with van der Waals surface area (Å²) in [6, 6.07) is 14.5. The third kappa shape index (κ3) is 4.40. The molecule has 30 heavy (non-hydrogen) atoms. The Balaban J connectivity index is 1.48. The number of phenols is 1. The Labute approximate surface area is 180 Å². The zero-order valence-electron chi connectivity index (χ0n) is 16.6. The summed E-state index contributed by atoms with van der Waals surface area (Å²) in [5, 5.41) is 13.3. The SMILES string of the molecule is COc1cc(CN2CCc3ccc(NC(=O)c4ccccn4)cc3C2)c(Cl)cc1O. The van der Waals surface area contributed by atoms with E-state index in [1.807, 2.05) is 12.1 Å². The predicted molar refractivity (Wildman–Crippen MR) is 116 cm³/mol. The molecule has 1 aliphatic heterocycles. The Hall–Kier alpha value is -3.09. The summed E-state index contributed by atoms with van der Waals surface area (Å²) in [6.45, 7) is 2.27. The molecule has 2 heterocycles. The minimum atomic E-state index is -0.230. The summed E-state index contributed by atoms with van der Waals surface area (Å²) in [4.78, 5) is 18.8. The second kappa shape index (κ2) is 8.73. The van der Waals surface area contributed by atoms with Gasteiger partial charge in [0.15, 0.2) is 11.5 Å². The fraction of sp³-hybridized carbons (Fsp3) is 0.217. The number of pyridine rings is 1. The maximum Gasteiger partial charge on any atom is 0.274 e. The van der Waals surface area contributed by atoms with E-state index in [2.05, 4.69) is 21.3 Å². The quantitative estimate of drug-likeness (QED) is 0.641. The molecular formula is C23H22ClN3O3. The van der Waals surface area contributed by atoms with Gasteiger partial charge in [0.25, 0.3) is 5.91 Å². The number of nitrogens with zero attached hydrogens (tertiary/aromatic N) is 2. The lowest BCUT2D eigenvalue weighted by molar-refractivity contribution is 0.102. The van der Waals surface area contributed by atoms with E-state index in [1.54, 1.807) is 30.5 Å². The molecule has 0 radical (unpaired) electrons. The van der Waals surface area contributed by atoms with E-state index < -0.39 is 0 Å². The van der Waals surface area contributed by atoms with Crippen LogP contribution in [0.25, 0.3) is 0 Å². The fourth-order valence-corrected chi connectivity index (χ4v) is 3.85. The van der Waals surface area contributed by atoms with Crippen molar-refractivity contribution in [3.05, 3.63) is 82.1 Å². The number of carbonyl (C=O) groups excluding carboxylic acids is 1. The smallest absolute Gasteiger partial charge is 0.274 e. The fourth-order valence-electron chi connectivity index (χ4n) is 3.63. The van der Waals surface area contributed by atoms with E-state index in [0.717, 1.165) is 30.8 Å². The maximum atomic E-state index is 12.4. The summed E-state index contributed by atoms with van der Waals surface area (Å²) in [5.41, 5.74) is 4.47. The third-order valence-corrected chi connectivity index (χ3v) is 5.55. The number of phenolic OH excluding ortho intramolecular Hbond substituents is 1. The summed E-state index contributed by atoms with van der Waals surface area (Å²) in [7, 11) is 1.52. The number of nitrogens with one attached hydrogen (secondary N) is 1. The minimum Gasteiger partial charge on any atom is -0.504 e. The van der Waals surface area contributed by atoms with Gasteiger partial charge in [0.05, 0.1) is 7.11 Å². The molecule has 2 aromatic carbocycles. The van der Waals surface area contributed by atoms with Gasteiger partial charge in [0.1, 0.15) is 5.69 Å². The normalized spacial score (nSPS) is 13.5. The first-order chi connectivity index (χ1) is 14.5. The molecule has 1 aromatic heterocycles. The third-order valence-electron chi connectivity index (χ3n) is 5.19. The van der Waals surface area contributed by atoms with E-state index in [0.29, 0.717) is 23.0 Å². The van der Waals surface area contributed by atoms with Gasteiger partial charge in [-0.3, -0.25) is 14.7 Å². The average Bonchev–Trinajstić information content (AvgIpc) is 2.76.